The second-order valence-corrected chi connectivity index (χ2v) is 4.52. The molecule has 0 aliphatic heterocycles. The largest absolute Gasteiger partial charge is 0.339 e. The summed E-state index contributed by atoms with van der Waals surface area (Å²) in [6.45, 7) is 1.81. The van der Waals surface area contributed by atoms with Gasteiger partial charge >= 0.3 is 0 Å². The highest BCUT2D eigenvalue weighted by Gasteiger charge is 2.12. The van der Waals surface area contributed by atoms with E-state index < -0.39 is 0 Å². The van der Waals surface area contributed by atoms with E-state index in [0.717, 1.165) is 4.47 Å². The van der Waals surface area contributed by atoms with Crippen molar-refractivity contribution < 1.29 is 4.52 Å². The molecule has 2 rings (SSSR count). The van der Waals surface area contributed by atoms with Crippen LogP contribution in [0.1, 0.15) is 12.8 Å². The lowest BCUT2D eigenvalue weighted by Crippen LogP contribution is -1.96. The third kappa shape index (κ3) is 2.88. The Hall–Kier alpha value is -1.74. The Morgan fingerprint density at radius 2 is 2.35 bits per heavy atom. The van der Waals surface area contributed by atoms with Crippen molar-refractivity contribution in [2.45, 2.75) is 13.3 Å². The van der Waals surface area contributed by atoms with Gasteiger partial charge in [-0.3, -0.25) is 4.98 Å². The van der Waals surface area contributed by atoms with Gasteiger partial charge in [-0.05, 0) is 35.0 Å². The van der Waals surface area contributed by atoms with Crippen molar-refractivity contribution in [3.05, 3.63) is 28.7 Å². The van der Waals surface area contributed by atoms with E-state index in [2.05, 4.69) is 37.1 Å². The summed E-state index contributed by atoms with van der Waals surface area (Å²) in [5, 5.41) is 12.5. The van der Waals surface area contributed by atoms with Crippen molar-refractivity contribution in [1.82, 2.24) is 15.1 Å². The van der Waals surface area contributed by atoms with Crippen LogP contribution in [0.2, 0.25) is 0 Å². The van der Waals surface area contributed by atoms with E-state index in [1.54, 1.807) is 12.3 Å². The molecule has 2 heterocycles. The smallest absolute Gasteiger partial charge is 0.228 e. The maximum atomic E-state index is 8.69. The van der Waals surface area contributed by atoms with E-state index in [4.69, 9.17) is 9.78 Å². The topological polar surface area (TPSA) is 75.6 Å². The van der Waals surface area contributed by atoms with E-state index in [1.807, 2.05) is 13.0 Å². The second kappa shape index (κ2) is 5.06. The highest BCUT2D eigenvalue weighted by Crippen LogP contribution is 2.16. The zero-order valence-electron chi connectivity index (χ0n) is 9.09. The molecular weight excluding hydrogens is 284 g/mol. The predicted octanol–water partition coefficient (Wildman–Crippen LogP) is 2.60. The van der Waals surface area contributed by atoms with Gasteiger partial charge in [0.1, 0.15) is 5.69 Å². The fourth-order valence-electron chi connectivity index (χ4n) is 1.26. The average molecular weight is 293 g/mol. The Labute approximate surface area is 107 Å². The van der Waals surface area contributed by atoms with Crippen molar-refractivity contribution in [3.63, 3.8) is 0 Å². The van der Waals surface area contributed by atoms with Gasteiger partial charge in [-0.25, -0.2) is 0 Å². The molecule has 0 N–H and O–H groups in total. The molecule has 0 aromatic carbocycles. The summed E-state index contributed by atoms with van der Waals surface area (Å²) in [7, 11) is 0. The van der Waals surface area contributed by atoms with E-state index in [-0.39, 0.29) is 5.92 Å². The summed E-state index contributed by atoms with van der Waals surface area (Å²) in [6.07, 6.45) is 2.13. The maximum absolute atomic E-state index is 8.69. The van der Waals surface area contributed by atoms with Gasteiger partial charge in [0.15, 0.2) is 0 Å². The van der Waals surface area contributed by atoms with Crippen molar-refractivity contribution in [2.75, 3.05) is 0 Å². The van der Waals surface area contributed by atoms with Crippen LogP contribution in [0.3, 0.4) is 0 Å². The van der Waals surface area contributed by atoms with Crippen LogP contribution < -0.4 is 0 Å². The van der Waals surface area contributed by atoms with Gasteiger partial charge in [0, 0.05) is 17.1 Å². The van der Waals surface area contributed by atoms with Crippen LogP contribution in [0.5, 0.6) is 0 Å². The maximum Gasteiger partial charge on any atom is 0.228 e. The lowest BCUT2D eigenvalue weighted by molar-refractivity contribution is 0.369. The van der Waals surface area contributed by atoms with Crippen LogP contribution >= 0.6 is 15.9 Å². The number of aromatic nitrogens is 3. The molecule has 86 valence electrons. The quantitative estimate of drug-likeness (QED) is 0.869. The fraction of sp³-hybridized carbons (Fsp3) is 0.273. The molecule has 0 radical (unpaired) electrons. The lowest BCUT2D eigenvalue weighted by atomic mass is 10.1. The van der Waals surface area contributed by atoms with Gasteiger partial charge in [0.2, 0.25) is 11.7 Å². The third-order valence-corrected chi connectivity index (χ3v) is 2.59. The molecule has 0 bridgehead atoms. The first kappa shape index (κ1) is 11.7. The summed E-state index contributed by atoms with van der Waals surface area (Å²) >= 11 is 3.30. The van der Waals surface area contributed by atoms with Crippen LogP contribution in [-0.2, 0) is 6.42 Å². The van der Waals surface area contributed by atoms with Gasteiger partial charge < -0.3 is 4.52 Å². The average Bonchev–Trinajstić information content (AvgIpc) is 2.78. The normalized spacial score (nSPS) is 12.1. The minimum atomic E-state index is -0.138. The number of nitrogens with zero attached hydrogens (tertiary/aromatic N) is 4. The minimum Gasteiger partial charge on any atom is -0.339 e. The molecule has 0 aliphatic carbocycles. The molecule has 0 aliphatic rings. The standard InChI is InChI=1S/C11H9BrN4O/c1-7(5-13)4-10-15-11(16-17-10)9-3-2-8(12)6-14-9/h2-3,6-7H,4H2,1H3. The molecule has 0 spiro atoms. The van der Waals surface area contributed by atoms with E-state index in [1.165, 1.54) is 0 Å². The van der Waals surface area contributed by atoms with Crippen LogP contribution in [0.15, 0.2) is 27.3 Å². The third-order valence-electron chi connectivity index (χ3n) is 2.13. The first-order valence-electron chi connectivity index (χ1n) is 5.03. The van der Waals surface area contributed by atoms with Crippen LogP contribution in [0, 0.1) is 17.2 Å². The molecule has 0 fully saturated rings. The molecule has 1 unspecified atom stereocenters. The molecule has 0 amide bonds. The Balaban J connectivity index is 2.18. The molecule has 1 atom stereocenters. The summed E-state index contributed by atoms with van der Waals surface area (Å²) in [4.78, 5) is 8.36. The van der Waals surface area contributed by atoms with Crippen molar-refractivity contribution in [3.8, 4) is 17.6 Å². The first-order valence-corrected chi connectivity index (χ1v) is 5.82. The minimum absolute atomic E-state index is 0.138. The molecule has 17 heavy (non-hydrogen) atoms. The molecule has 6 heteroatoms. The number of hydrogen-bond donors (Lipinski definition) is 0. The molecular formula is C11H9BrN4O. The van der Waals surface area contributed by atoms with Crippen LogP contribution in [-0.4, -0.2) is 15.1 Å². The molecule has 2 aromatic heterocycles. The monoisotopic (exact) mass is 292 g/mol. The number of nitriles is 1. The van der Waals surface area contributed by atoms with Gasteiger partial charge in [0.05, 0.1) is 12.0 Å². The number of pyridine rings is 1. The van der Waals surface area contributed by atoms with Crippen LogP contribution in [0.25, 0.3) is 11.5 Å². The summed E-state index contributed by atoms with van der Waals surface area (Å²) in [5.41, 5.74) is 0.646. The number of rotatable bonds is 3. The molecule has 0 saturated heterocycles. The van der Waals surface area contributed by atoms with Crippen molar-refractivity contribution in [1.29, 1.82) is 5.26 Å². The van der Waals surface area contributed by atoms with Crippen LogP contribution in [0.4, 0.5) is 0 Å². The summed E-state index contributed by atoms with van der Waals surface area (Å²) in [6, 6.07) is 5.78. The van der Waals surface area contributed by atoms with E-state index in [9.17, 15) is 0 Å². The van der Waals surface area contributed by atoms with Crippen molar-refractivity contribution in [2.24, 2.45) is 5.92 Å². The highest BCUT2D eigenvalue weighted by molar-refractivity contribution is 9.10. The molecule has 2 aromatic rings. The summed E-state index contributed by atoms with van der Waals surface area (Å²) < 4.78 is 5.95. The fourth-order valence-corrected chi connectivity index (χ4v) is 1.49. The molecule has 5 nitrogen and oxygen atoms in total. The SMILES string of the molecule is CC(C#N)Cc1nc(-c2ccc(Br)cn2)no1. The summed E-state index contributed by atoms with van der Waals surface area (Å²) in [5.74, 6) is 0.762. The van der Waals surface area contributed by atoms with Gasteiger partial charge in [0.25, 0.3) is 0 Å². The Bertz CT molecular complexity index is 543. The number of halogens is 1. The van der Waals surface area contributed by atoms with E-state index in [0.29, 0.717) is 23.8 Å². The van der Waals surface area contributed by atoms with Gasteiger partial charge in [-0.2, -0.15) is 10.2 Å². The lowest BCUT2D eigenvalue weighted by Gasteiger charge is -1.94. The Morgan fingerprint density at radius 3 is 3.00 bits per heavy atom. The molecule has 0 saturated carbocycles. The second-order valence-electron chi connectivity index (χ2n) is 3.61. The Morgan fingerprint density at radius 1 is 1.53 bits per heavy atom. The number of hydrogen-bond acceptors (Lipinski definition) is 5. The first-order chi connectivity index (χ1) is 8.19. The van der Waals surface area contributed by atoms with Gasteiger partial charge in [-0.15, -0.1) is 0 Å². The Kier molecular flexibility index (Phi) is 3.49. The van der Waals surface area contributed by atoms with E-state index >= 15 is 0 Å². The zero-order chi connectivity index (χ0) is 12.3. The predicted molar refractivity (Wildman–Crippen MR) is 63.7 cm³/mol. The highest BCUT2D eigenvalue weighted by atomic mass is 79.9. The zero-order valence-corrected chi connectivity index (χ0v) is 10.7. The van der Waals surface area contributed by atoms with Crippen molar-refractivity contribution >= 4 is 15.9 Å². The van der Waals surface area contributed by atoms with Gasteiger partial charge in [-0.1, -0.05) is 5.16 Å².